The Labute approximate surface area is 150 Å². The number of carboxylic acid groups (broad SMARTS) is 1. The summed E-state index contributed by atoms with van der Waals surface area (Å²) in [6, 6.07) is 10.1. The molecule has 4 rings (SSSR count). The second-order valence-corrected chi connectivity index (χ2v) is 6.65. The lowest BCUT2D eigenvalue weighted by atomic mass is 9.95. The van der Waals surface area contributed by atoms with Gasteiger partial charge in [-0.2, -0.15) is 0 Å². The number of nitrogens with zero attached hydrogens (tertiary/aromatic N) is 1. The first-order valence-corrected chi connectivity index (χ1v) is 8.79. The first kappa shape index (κ1) is 16.6. The van der Waals surface area contributed by atoms with Crippen molar-refractivity contribution in [1.82, 2.24) is 4.57 Å². The van der Waals surface area contributed by atoms with Crippen molar-refractivity contribution >= 4 is 16.9 Å². The third kappa shape index (κ3) is 2.55. The van der Waals surface area contributed by atoms with Crippen molar-refractivity contribution in [2.45, 2.75) is 32.2 Å². The number of para-hydroxylation sites is 1. The van der Waals surface area contributed by atoms with Crippen LogP contribution in [0.4, 0.5) is 4.39 Å². The molecule has 0 saturated heterocycles. The van der Waals surface area contributed by atoms with E-state index in [1.54, 1.807) is 24.3 Å². The summed E-state index contributed by atoms with van der Waals surface area (Å²) in [4.78, 5) is 11.7. The molecule has 0 spiro atoms. The Kier molecular flexibility index (Phi) is 4.15. The van der Waals surface area contributed by atoms with E-state index in [-0.39, 0.29) is 17.9 Å². The molecule has 2 aromatic carbocycles. The number of hydrogen-bond donors (Lipinski definition) is 1. The van der Waals surface area contributed by atoms with Gasteiger partial charge in [-0.25, -0.2) is 9.18 Å². The molecular weight excluding hydrogens is 333 g/mol. The number of hydrogen-bond acceptors (Lipinski definition) is 2. The molecule has 1 heterocycles. The average Bonchev–Trinajstić information content (AvgIpc) is 2.97. The Hall–Kier alpha value is -2.82. The van der Waals surface area contributed by atoms with Crippen molar-refractivity contribution in [2.75, 3.05) is 7.11 Å². The van der Waals surface area contributed by atoms with E-state index in [1.165, 1.54) is 18.7 Å². The van der Waals surface area contributed by atoms with E-state index in [0.717, 1.165) is 36.8 Å². The van der Waals surface area contributed by atoms with E-state index in [1.807, 2.05) is 10.6 Å². The minimum absolute atomic E-state index is 0.187. The van der Waals surface area contributed by atoms with E-state index >= 15 is 0 Å². The summed E-state index contributed by atoms with van der Waals surface area (Å²) >= 11 is 0. The molecule has 1 aromatic heterocycles. The number of aryl methyl sites for hydroxylation is 1. The smallest absolute Gasteiger partial charge is 0.336 e. The standard InChI is InChI=1S/C21H20FNO3/c1-26-19-11-5-8-15(21(24)25)16(19)12-23-18-10-3-2-6-13(18)14-7-4-9-17(22)20(14)23/h4-5,7-9,11H,2-3,6,10,12H2,1H3,(H,24,25). The maximum absolute atomic E-state index is 14.7. The summed E-state index contributed by atoms with van der Waals surface area (Å²) in [5, 5.41) is 10.5. The molecule has 1 aliphatic carbocycles. The van der Waals surface area contributed by atoms with Gasteiger partial charge in [0, 0.05) is 16.6 Å². The first-order chi connectivity index (χ1) is 12.6. The molecule has 0 unspecified atom stereocenters. The van der Waals surface area contributed by atoms with Crippen LogP contribution in [0.2, 0.25) is 0 Å². The molecule has 0 saturated carbocycles. The highest BCUT2D eigenvalue weighted by Crippen LogP contribution is 2.35. The van der Waals surface area contributed by atoms with Crippen LogP contribution in [0.3, 0.4) is 0 Å². The van der Waals surface area contributed by atoms with Crippen LogP contribution < -0.4 is 4.74 Å². The largest absolute Gasteiger partial charge is 0.496 e. The summed E-state index contributed by atoms with van der Waals surface area (Å²) in [7, 11) is 1.52. The highest BCUT2D eigenvalue weighted by Gasteiger charge is 2.24. The van der Waals surface area contributed by atoms with Crippen LogP contribution in [0.15, 0.2) is 36.4 Å². The quantitative estimate of drug-likeness (QED) is 0.756. The van der Waals surface area contributed by atoms with E-state index < -0.39 is 5.97 Å². The van der Waals surface area contributed by atoms with Crippen molar-refractivity contribution in [3.63, 3.8) is 0 Å². The molecule has 5 heteroatoms. The van der Waals surface area contributed by atoms with E-state index in [0.29, 0.717) is 16.8 Å². The lowest BCUT2D eigenvalue weighted by molar-refractivity contribution is 0.0695. The third-order valence-electron chi connectivity index (χ3n) is 5.25. The van der Waals surface area contributed by atoms with Gasteiger partial charge < -0.3 is 14.4 Å². The third-order valence-corrected chi connectivity index (χ3v) is 5.25. The SMILES string of the molecule is COc1cccc(C(=O)O)c1Cn1c2c(c3cccc(F)c31)CCCC2. The normalized spacial score (nSPS) is 13.6. The van der Waals surface area contributed by atoms with Crippen LogP contribution in [-0.4, -0.2) is 22.8 Å². The fraction of sp³-hybridized carbons (Fsp3) is 0.286. The molecule has 1 aliphatic rings. The second-order valence-electron chi connectivity index (χ2n) is 6.65. The molecule has 0 bridgehead atoms. The van der Waals surface area contributed by atoms with Gasteiger partial charge in [0.1, 0.15) is 11.6 Å². The number of rotatable bonds is 4. The van der Waals surface area contributed by atoms with E-state index in [4.69, 9.17) is 4.74 Å². The zero-order chi connectivity index (χ0) is 18.3. The number of halogens is 1. The molecule has 3 aromatic rings. The highest BCUT2D eigenvalue weighted by molar-refractivity contribution is 5.91. The topological polar surface area (TPSA) is 51.5 Å². The number of aromatic carboxylic acids is 1. The van der Waals surface area contributed by atoms with Crippen LogP contribution in [0.25, 0.3) is 10.9 Å². The summed E-state index contributed by atoms with van der Waals surface area (Å²) in [5.41, 5.74) is 3.61. The molecule has 0 radical (unpaired) electrons. The van der Waals surface area contributed by atoms with Gasteiger partial charge >= 0.3 is 5.97 Å². The molecule has 0 aliphatic heterocycles. The van der Waals surface area contributed by atoms with Crippen LogP contribution in [0.1, 0.15) is 40.0 Å². The minimum atomic E-state index is -1.01. The fourth-order valence-corrected chi connectivity index (χ4v) is 4.10. The summed E-state index contributed by atoms with van der Waals surface area (Å²) in [5.74, 6) is -0.777. The number of methoxy groups -OCH3 is 1. The van der Waals surface area contributed by atoms with Gasteiger partial charge in [0.15, 0.2) is 0 Å². The molecule has 0 amide bonds. The Morgan fingerprint density at radius 2 is 1.96 bits per heavy atom. The first-order valence-electron chi connectivity index (χ1n) is 8.79. The van der Waals surface area contributed by atoms with Crippen molar-refractivity contribution in [3.8, 4) is 5.75 Å². The number of carboxylic acids is 1. The predicted molar refractivity (Wildman–Crippen MR) is 97.6 cm³/mol. The molecule has 0 fully saturated rings. The van der Waals surface area contributed by atoms with Gasteiger partial charge in [-0.05, 0) is 49.4 Å². The van der Waals surface area contributed by atoms with Gasteiger partial charge in [-0.3, -0.25) is 0 Å². The number of ether oxygens (including phenoxy) is 1. The summed E-state index contributed by atoms with van der Waals surface area (Å²) in [6.07, 6.45) is 3.96. The van der Waals surface area contributed by atoms with Crippen molar-refractivity contribution in [1.29, 1.82) is 0 Å². The number of fused-ring (bicyclic) bond motifs is 3. The number of benzene rings is 2. The Bertz CT molecular complexity index is 1010. The zero-order valence-electron chi connectivity index (χ0n) is 14.6. The van der Waals surface area contributed by atoms with Gasteiger partial charge in [0.25, 0.3) is 0 Å². The predicted octanol–water partition coefficient (Wildman–Crippen LogP) is 4.41. The summed E-state index contributed by atoms with van der Waals surface area (Å²) < 4.78 is 22.1. The Balaban J connectivity index is 1.96. The fourth-order valence-electron chi connectivity index (χ4n) is 4.10. The Morgan fingerprint density at radius 3 is 2.73 bits per heavy atom. The minimum Gasteiger partial charge on any atom is -0.496 e. The van der Waals surface area contributed by atoms with Crippen molar-refractivity contribution < 1.29 is 19.0 Å². The molecular formula is C21H20FNO3. The second kappa shape index (κ2) is 6.48. The average molecular weight is 353 g/mol. The lowest BCUT2D eigenvalue weighted by Gasteiger charge is -2.18. The molecule has 1 N–H and O–H groups in total. The molecule has 0 atom stereocenters. The monoisotopic (exact) mass is 353 g/mol. The van der Waals surface area contributed by atoms with E-state index in [9.17, 15) is 14.3 Å². The highest BCUT2D eigenvalue weighted by atomic mass is 19.1. The number of carbonyl (C=O) groups is 1. The maximum Gasteiger partial charge on any atom is 0.336 e. The van der Waals surface area contributed by atoms with Crippen molar-refractivity contribution in [3.05, 3.63) is 64.6 Å². The maximum atomic E-state index is 14.7. The van der Waals surface area contributed by atoms with Crippen molar-refractivity contribution in [2.24, 2.45) is 0 Å². The van der Waals surface area contributed by atoms with Gasteiger partial charge in [0.2, 0.25) is 0 Å². The van der Waals surface area contributed by atoms with Crippen LogP contribution in [-0.2, 0) is 19.4 Å². The zero-order valence-corrected chi connectivity index (χ0v) is 14.6. The molecule has 134 valence electrons. The van der Waals surface area contributed by atoms with Crippen LogP contribution in [0, 0.1) is 5.82 Å². The van der Waals surface area contributed by atoms with Crippen LogP contribution in [0.5, 0.6) is 5.75 Å². The van der Waals surface area contributed by atoms with E-state index in [2.05, 4.69) is 0 Å². The Morgan fingerprint density at radius 1 is 1.19 bits per heavy atom. The van der Waals surface area contributed by atoms with Gasteiger partial charge in [0.05, 0.1) is 24.7 Å². The van der Waals surface area contributed by atoms with Gasteiger partial charge in [-0.1, -0.05) is 18.2 Å². The molecule has 4 nitrogen and oxygen atoms in total. The number of aromatic nitrogens is 1. The lowest BCUT2D eigenvalue weighted by Crippen LogP contribution is -2.13. The summed E-state index contributed by atoms with van der Waals surface area (Å²) in [6.45, 7) is 0.276. The van der Waals surface area contributed by atoms with Gasteiger partial charge in [-0.15, -0.1) is 0 Å². The molecule has 26 heavy (non-hydrogen) atoms. The van der Waals surface area contributed by atoms with Crippen LogP contribution >= 0.6 is 0 Å².